The number of hydrogen-bond donors (Lipinski definition) is 1. The van der Waals surface area contributed by atoms with Crippen LogP contribution in [0, 0.1) is 23.0 Å². The van der Waals surface area contributed by atoms with Crippen LogP contribution in [0.15, 0.2) is 23.1 Å². The van der Waals surface area contributed by atoms with E-state index in [0.29, 0.717) is 0 Å². The first-order valence-electron chi connectivity index (χ1n) is 6.72. The minimum absolute atomic E-state index is 0.0906. The Balaban J connectivity index is 2.31. The van der Waals surface area contributed by atoms with E-state index >= 15 is 0 Å². The Bertz CT molecular complexity index is 707. The quantitative estimate of drug-likeness (QED) is 0.659. The zero-order valence-corrected chi connectivity index (χ0v) is 12.7. The minimum atomic E-state index is -3.86. The molecule has 0 radical (unpaired) electrons. The van der Waals surface area contributed by atoms with E-state index in [-0.39, 0.29) is 42.1 Å². The summed E-state index contributed by atoms with van der Waals surface area (Å²) in [7, 11) is -3.86. The fraction of sp³-hybridized carbons (Fsp3) is 0.462. The van der Waals surface area contributed by atoms with Gasteiger partial charge in [0.2, 0.25) is 10.0 Å². The Morgan fingerprint density at radius 3 is 2.45 bits per heavy atom. The minimum Gasteiger partial charge on any atom is -0.481 e. The molecule has 0 unspecified atom stereocenters. The van der Waals surface area contributed by atoms with Crippen molar-refractivity contribution in [3.63, 3.8) is 0 Å². The summed E-state index contributed by atoms with van der Waals surface area (Å²) in [6.45, 7) is 1.60. The number of carboxylic acid groups (broad SMARTS) is 1. The van der Waals surface area contributed by atoms with E-state index < -0.39 is 26.8 Å². The van der Waals surface area contributed by atoms with Gasteiger partial charge in [0.05, 0.1) is 15.7 Å². The molecule has 1 aliphatic heterocycles. The van der Waals surface area contributed by atoms with Crippen LogP contribution in [-0.4, -0.2) is 41.8 Å². The van der Waals surface area contributed by atoms with Gasteiger partial charge in [-0.25, -0.2) is 8.42 Å². The lowest BCUT2D eigenvalue weighted by atomic mass is 9.99. The maximum absolute atomic E-state index is 12.6. The highest BCUT2D eigenvalue weighted by Crippen LogP contribution is 2.29. The number of carboxylic acids is 1. The fourth-order valence-electron chi connectivity index (χ4n) is 2.56. The average Bonchev–Trinajstić information content (AvgIpc) is 2.47. The Morgan fingerprint density at radius 1 is 1.36 bits per heavy atom. The van der Waals surface area contributed by atoms with Crippen LogP contribution in [0.3, 0.4) is 0 Å². The number of rotatable bonds is 4. The number of benzene rings is 1. The number of sulfonamides is 1. The molecule has 0 aromatic heterocycles. The van der Waals surface area contributed by atoms with Crippen molar-refractivity contribution in [2.24, 2.45) is 5.92 Å². The predicted molar refractivity (Wildman–Crippen MR) is 77.0 cm³/mol. The molecule has 1 saturated heterocycles. The molecule has 0 aliphatic carbocycles. The standard InChI is InChI=1S/C13H16N2O6S/c1-9-11(15(18)19)3-2-4-12(9)22(20,21)14-7-5-10(6-8-14)13(16)17/h2-4,10H,5-8H2,1H3,(H,16,17). The van der Waals surface area contributed by atoms with Crippen LogP contribution in [-0.2, 0) is 14.8 Å². The zero-order chi connectivity index (χ0) is 16.5. The molecule has 0 saturated carbocycles. The fourth-order valence-corrected chi connectivity index (χ4v) is 4.27. The Labute approximate surface area is 127 Å². The van der Waals surface area contributed by atoms with Crippen molar-refractivity contribution in [3.8, 4) is 0 Å². The molecule has 1 aromatic rings. The molecule has 9 heteroatoms. The summed E-state index contributed by atoms with van der Waals surface area (Å²) in [5.74, 6) is -1.47. The van der Waals surface area contributed by atoms with E-state index in [0.717, 1.165) is 0 Å². The van der Waals surface area contributed by atoms with Crippen LogP contribution in [0.25, 0.3) is 0 Å². The first kappa shape index (κ1) is 16.4. The third-order valence-electron chi connectivity index (χ3n) is 3.87. The van der Waals surface area contributed by atoms with Crippen molar-refractivity contribution in [3.05, 3.63) is 33.9 Å². The number of piperidine rings is 1. The highest BCUT2D eigenvalue weighted by Gasteiger charge is 2.33. The maximum Gasteiger partial charge on any atom is 0.306 e. The van der Waals surface area contributed by atoms with Crippen LogP contribution >= 0.6 is 0 Å². The second-order valence-electron chi connectivity index (χ2n) is 5.17. The first-order chi connectivity index (χ1) is 10.2. The maximum atomic E-state index is 12.6. The summed E-state index contributed by atoms with van der Waals surface area (Å²) >= 11 is 0. The SMILES string of the molecule is Cc1c([N+](=O)[O-])cccc1S(=O)(=O)N1CCC(C(=O)O)CC1. The second-order valence-corrected chi connectivity index (χ2v) is 7.08. The van der Waals surface area contributed by atoms with Crippen LogP contribution in [0.4, 0.5) is 5.69 Å². The number of nitrogens with zero attached hydrogens (tertiary/aromatic N) is 2. The largest absolute Gasteiger partial charge is 0.481 e. The van der Waals surface area contributed by atoms with Crippen LogP contribution < -0.4 is 0 Å². The van der Waals surface area contributed by atoms with Gasteiger partial charge in [0.25, 0.3) is 5.69 Å². The van der Waals surface area contributed by atoms with Gasteiger partial charge in [-0.3, -0.25) is 14.9 Å². The third kappa shape index (κ3) is 2.95. The van der Waals surface area contributed by atoms with E-state index in [2.05, 4.69) is 0 Å². The molecule has 1 aliphatic rings. The summed E-state index contributed by atoms with van der Waals surface area (Å²) in [5, 5.41) is 19.9. The highest BCUT2D eigenvalue weighted by atomic mass is 32.2. The van der Waals surface area contributed by atoms with Crippen molar-refractivity contribution < 1.29 is 23.2 Å². The molecule has 22 heavy (non-hydrogen) atoms. The van der Waals surface area contributed by atoms with Crippen molar-refractivity contribution in [2.45, 2.75) is 24.7 Å². The van der Waals surface area contributed by atoms with Crippen LogP contribution in [0.5, 0.6) is 0 Å². The number of carbonyl (C=O) groups is 1. The van der Waals surface area contributed by atoms with Gasteiger partial charge in [0.15, 0.2) is 0 Å². The van der Waals surface area contributed by atoms with Crippen molar-refractivity contribution in [1.29, 1.82) is 0 Å². The van der Waals surface area contributed by atoms with Crippen molar-refractivity contribution in [1.82, 2.24) is 4.31 Å². The second kappa shape index (κ2) is 6.01. The van der Waals surface area contributed by atoms with E-state index in [1.807, 2.05) is 0 Å². The Kier molecular flexibility index (Phi) is 4.47. The smallest absolute Gasteiger partial charge is 0.306 e. The Morgan fingerprint density at radius 2 is 1.95 bits per heavy atom. The van der Waals surface area contributed by atoms with Gasteiger partial charge < -0.3 is 5.11 Å². The normalized spacial score (nSPS) is 17.3. The van der Waals surface area contributed by atoms with Gasteiger partial charge in [0, 0.05) is 24.7 Å². The highest BCUT2D eigenvalue weighted by molar-refractivity contribution is 7.89. The predicted octanol–water partition coefficient (Wildman–Crippen LogP) is 1.39. The lowest BCUT2D eigenvalue weighted by Crippen LogP contribution is -2.40. The summed E-state index contributed by atoms with van der Waals surface area (Å²) in [5.41, 5.74) is -0.158. The van der Waals surface area contributed by atoms with Gasteiger partial charge in [-0.1, -0.05) is 6.07 Å². The van der Waals surface area contributed by atoms with E-state index in [1.54, 1.807) is 0 Å². The monoisotopic (exact) mass is 328 g/mol. The van der Waals surface area contributed by atoms with E-state index in [9.17, 15) is 23.3 Å². The number of nitro benzene ring substituents is 1. The molecule has 0 bridgehead atoms. The molecular weight excluding hydrogens is 312 g/mol. The van der Waals surface area contributed by atoms with Crippen molar-refractivity contribution in [2.75, 3.05) is 13.1 Å². The molecule has 120 valence electrons. The average molecular weight is 328 g/mol. The molecule has 2 rings (SSSR count). The third-order valence-corrected chi connectivity index (χ3v) is 5.92. The van der Waals surface area contributed by atoms with Crippen molar-refractivity contribution >= 4 is 21.7 Å². The molecule has 0 atom stereocenters. The molecule has 0 amide bonds. The number of aliphatic carboxylic acids is 1. The molecule has 1 N–H and O–H groups in total. The molecule has 1 aromatic carbocycles. The molecular formula is C13H16N2O6S. The number of hydrogen-bond acceptors (Lipinski definition) is 5. The van der Waals surface area contributed by atoms with Gasteiger partial charge in [-0.2, -0.15) is 4.31 Å². The molecule has 1 fully saturated rings. The van der Waals surface area contributed by atoms with Gasteiger partial charge in [-0.05, 0) is 25.8 Å². The van der Waals surface area contributed by atoms with E-state index in [1.165, 1.54) is 29.4 Å². The van der Waals surface area contributed by atoms with Gasteiger partial charge in [-0.15, -0.1) is 0 Å². The molecule has 1 heterocycles. The Hall–Kier alpha value is -2.00. The summed E-state index contributed by atoms with van der Waals surface area (Å²) in [6, 6.07) is 3.92. The van der Waals surface area contributed by atoms with Crippen LogP contribution in [0.1, 0.15) is 18.4 Å². The summed E-state index contributed by atoms with van der Waals surface area (Å²) < 4.78 is 26.4. The van der Waals surface area contributed by atoms with Gasteiger partial charge >= 0.3 is 5.97 Å². The first-order valence-corrected chi connectivity index (χ1v) is 8.16. The molecule has 0 spiro atoms. The van der Waals surface area contributed by atoms with Gasteiger partial charge in [0.1, 0.15) is 0 Å². The van der Waals surface area contributed by atoms with E-state index in [4.69, 9.17) is 5.11 Å². The zero-order valence-electron chi connectivity index (χ0n) is 11.9. The summed E-state index contributed by atoms with van der Waals surface area (Å²) in [6.07, 6.45) is 0.477. The summed E-state index contributed by atoms with van der Waals surface area (Å²) in [4.78, 5) is 21.1. The molecule has 8 nitrogen and oxygen atoms in total. The topological polar surface area (TPSA) is 118 Å². The lowest BCUT2D eigenvalue weighted by Gasteiger charge is -2.29. The van der Waals surface area contributed by atoms with Crippen LogP contribution in [0.2, 0.25) is 0 Å². The lowest BCUT2D eigenvalue weighted by molar-refractivity contribution is -0.385. The number of nitro groups is 1.